The number of nitrogens with one attached hydrogen (secondary N) is 2. The van der Waals surface area contributed by atoms with Crippen molar-refractivity contribution in [1.82, 2.24) is 19.9 Å². The number of thioether (sulfide) groups is 1. The Kier molecular flexibility index (Phi) is 7.80. The molecule has 2 aromatic heterocycles. The van der Waals surface area contributed by atoms with Crippen LogP contribution < -0.4 is 10.6 Å². The minimum atomic E-state index is -0.174. The van der Waals surface area contributed by atoms with Gasteiger partial charge in [-0.1, -0.05) is 18.3 Å². The molecule has 8 nitrogen and oxygen atoms in total. The van der Waals surface area contributed by atoms with Gasteiger partial charge in [-0.2, -0.15) is 0 Å². The van der Waals surface area contributed by atoms with E-state index in [0.717, 1.165) is 33.3 Å². The normalized spacial score (nSPS) is 11.9. The number of nitrogens with zero attached hydrogens (tertiary/aromatic N) is 4. The van der Waals surface area contributed by atoms with Crippen molar-refractivity contribution < 1.29 is 9.59 Å². The Morgan fingerprint density at radius 3 is 2.58 bits per heavy atom. The van der Waals surface area contributed by atoms with Gasteiger partial charge >= 0.3 is 0 Å². The van der Waals surface area contributed by atoms with Gasteiger partial charge in [-0.05, 0) is 37.3 Å². The van der Waals surface area contributed by atoms with E-state index in [2.05, 4.69) is 32.5 Å². The molecule has 2 heterocycles. The standard InChI is InChI=1S/C21H26N6O2S2/c1-13(8-22-20-23-10-16(30-4)11-24-20)9-25-21-26-17-6-5-15(7-18(17)31-21)19(29)27(3)12-14(2)28/h5-7,10-11,13H,8-9,12H2,1-4H3,(H,25,26)(H,22,23,24)/t13-/m0/s1. The van der Waals surface area contributed by atoms with Gasteiger partial charge in [0.15, 0.2) is 5.13 Å². The molecular weight excluding hydrogens is 432 g/mol. The number of fused-ring (bicyclic) bond motifs is 1. The predicted molar refractivity (Wildman–Crippen MR) is 127 cm³/mol. The second-order valence-electron chi connectivity index (χ2n) is 7.38. The first-order valence-electron chi connectivity index (χ1n) is 9.85. The number of rotatable bonds is 10. The SMILES string of the molecule is CSc1cnc(NC[C@H](C)CNc2nc3ccc(C(=O)N(C)CC(C)=O)cc3s2)nc1. The predicted octanol–water partition coefficient (Wildman–Crippen LogP) is 3.63. The highest BCUT2D eigenvalue weighted by molar-refractivity contribution is 7.98. The summed E-state index contributed by atoms with van der Waals surface area (Å²) < 4.78 is 0.928. The van der Waals surface area contributed by atoms with Crippen molar-refractivity contribution in [2.24, 2.45) is 5.92 Å². The molecule has 3 aromatic rings. The van der Waals surface area contributed by atoms with Crippen LogP contribution in [0.1, 0.15) is 24.2 Å². The fraction of sp³-hybridized carbons (Fsp3) is 0.381. The molecule has 31 heavy (non-hydrogen) atoms. The third-order valence-electron chi connectivity index (χ3n) is 4.52. The lowest BCUT2D eigenvalue weighted by molar-refractivity contribution is -0.117. The van der Waals surface area contributed by atoms with Crippen molar-refractivity contribution in [2.45, 2.75) is 18.7 Å². The third kappa shape index (κ3) is 6.38. The zero-order valence-electron chi connectivity index (χ0n) is 18.0. The lowest BCUT2D eigenvalue weighted by Gasteiger charge is -2.15. The van der Waals surface area contributed by atoms with Crippen LogP contribution in [-0.2, 0) is 4.79 Å². The zero-order valence-corrected chi connectivity index (χ0v) is 19.6. The van der Waals surface area contributed by atoms with Gasteiger partial charge < -0.3 is 15.5 Å². The van der Waals surface area contributed by atoms with Crippen molar-refractivity contribution in [3.8, 4) is 0 Å². The third-order valence-corrected chi connectivity index (χ3v) is 6.17. The van der Waals surface area contributed by atoms with Crippen LogP contribution in [0.3, 0.4) is 0 Å². The van der Waals surface area contributed by atoms with E-state index in [0.29, 0.717) is 17.4 Å². The number of hydrogen-bond acceptors (Lipinski definition) is 9. The molecule has 0 bridgehead atoms. The van der Waals surface area contributed by atoms with Crippen molar-refractivity contribution in [2.75, 3.05) is 43.6 Å². The minimum absolute atomic E-state index is 0.0478. The Morgan fingerprint density at radius 1 is 1.19 bits per heavy atom. The van der Waals surface area contributed by atoms with Gasteiger partial charge in [-0.15, -0.1) is 11.8 Å². The molecule has 0 radical (unpaired) electrons. The Labute approximate surface area is 189 Å². The summed E-state index contributed by atoms with van der Waals surface area (Å²) >= 11 is 3.12. The first-order chi connectivity index (χ1) is 14.9. The average Bonchev–Trinajstić information content (AvgIpc) is 3.17. The van der Waals surface area contributed by atoms with Crippen LogP contribution in [0, 0.1) is 5.92 Å². The molecule has 10 heteroatoms. The van der Waals surface area contributed by atoms with Crippen molar-refractivity contribution >= 4 is 56.1 Å². The maximum atomic E-state index is 12.5. The summed E-state index contributed by atoms with van der Waals surface area (Å²) in [7, 11) is 1.63. The molecule has 0 fully saturated rings. The Hall–Kier alpha value is -2.72. The van der Waals surface area contributed by atoms with Crippen LogP contribution in [0.5, 0.6) is 0 Å². The van der Waals surface area contributed by atoms with Gasteiger partial charge in [-0.25, -0.2) is 15.0 Å². The Balaban J connectivity index is 1.55. The first kappa shape index (κ1) is 23.0. The van der Waals surface area contributed by atoms with Gasteiger partial charge in [-0.3, -0.25) is 9.59 Å². The first-order valence-corrected chi connectivity index (χ1v) is 11.9. The molecule has 0 spiro atoms. The molecule has 0 aliphatic heterocycles. The van der Waals surface area contributed by atoms with E-state index in [1.54, 1.807) is 37.3 Å². The average molecular weight is 459 g/mol. The van der Waals surface area contributed by atoms with Gasteiger partial charge in [0.25, 0.3) is 5.91 Å². The molecule has 164 valence electrons. The summed E-state index contributed by atoms with van der Waals surface area (Å²) in [6, 6.07) is 5.42. The van der Waals surface area contributed by atoms with E-state index < -0.39 is 0 Å². The summed E-state index contributed by atoms with van der Waals surface area (Å²) in [5, 5.41) is 7.43. The van der Waals surface area contributed by atoms with Crippen molar-refractivity contribution in [3.05, 3.63) is 36.2 Å². The lowest BCUT2D eigenvalue weighted by Crippen LogP contribution is -2.31. The number of carbonyl (C=O) groups is 2. The maximum Gasteiger partial charge on any atom is 0.254 e. The summed E-state index contributed by atoms with van der Waals surface area (Å²) in [6.45, 7) is 5.18. The highest BCUT2D eigenvalue weighted by atomic mass is 32.2. The van der Waals surface area contributed by atoms with Crippen LogP contribution in [0.4, 0.5) is 11.1 Å². The number of hydrogen-bond donors (Lipinski definition) is 2. The Morgan fingerprint density at radius 2 is 1.90 bits per heavy atom. The van der Waals surface area contributed by atoms with Crippen LogP contribution in [0.15, 0.2) is 35.5 Å². The summed E-state index contributed by atoms with van der Waals surface area (Å²) in [5.74, 6) is 0.727. The summed E-state index contributed by atoms with van der Waals surface area (Å²) in [4.78, 5) is 39.4. The highest BCUT2D eigenvalue weighted by Crippen LogP contribution is 2.27. The molecule has 1 aromatic carbocycles. The zero-order chi connectivity index (χ0) is 22.4. The summed E-state index contributed by atoms with van der Waals surface area (Å²) in [6.07, 6.45) is 5.61. The molecule has 0 unspecified atom stereocenters. The molecule has 3 rings (SSSR count). The number of Topliss-reactive ketones (excluding diaryl/α,β-unsaturated/α-hetero) is 1. The van der Waals surface area contributed by atoms with Gasteiger partial charge in [0, 0.05) is 43.0 Å². The number of likely N-dealkylation sites (N-methyl/N-ethyl adjacent to an activating group) is 1. The summed E-state index contributed by atoms with van der Waals surface area (Å²) in [5.41, 5.74) is 1.39. The quantitative estimate of drug-likeness (QED) is 0.444. The number of thiazole rings is 1. The largest absolute Gasteiger partial charge is 0.361 e. The molecule has 0 aliphatic carbocycles. The monoisotopic (exact) mass is 458 g/mol. The Bertz CT molecular complexity index is 1050. The van der Waals surface area contributed by atoms with Crippen LogP contribution in [-0.4, -0.2) is 64.5 Å². The van der Waals surface area contributed by atoms with E-state index in [1.165, 1.54) is 23.2 Å². The number of benzene rings is 1. The molecule has 1 amide bonds. The molecule has 0 aliphatic rings. The fourth-order valence-electron chi connectivity index (χ4n) is 2.87. The molecule has 0 saturated carbocycles. The number of ketones is 1. The van der Waals surface area contributed by atoms with Gasteiger partial charge in [0.2, 0.25) is 5.95 Å². The lowest BCUT2D eigenvalue weighted by atomic mass is 10.2. The fourth-order valence-corrected chi connectivity index (χ4v) is 4.10. The van der Waals surface area contributed by atoms with Crippen LogP contribution in [0.2, 0.25) is 0 Å². The molecule has 2 N–H and O–H groups in total. The smallest absolute Gasteiger partial charge is 0.254 e. The number of aromatic nitrogens is 3. The van der Waals surface area contributed by atoms with E-state index in [1.807, 2.05) is 18.4 Å². The van der Waals surface area contributed by atoms with Crippen molar-refractivity contribution in [3.63, 3.8) is 0 Å². The van der Waals surface area contributed by atoms with E-state index >= 15 is 0 Å². The van der Waals surface area contributed by atoms with Crippen LogP contribution >= 0.6 is 23.1 Å². The van der Waals surface area contributed by atoms with E-state index in [4.69, 9.17) is 0 Å². The molecular formula is C21H26N6O2S2. The topological polar surface area (TPSA) is 100 Å². The van der Waals surface area contributed by atoms with E-state index in [9.17, 15) is 9.59 Å². The van der Waals surface area contributed by atoms with E-state index in [-0.39, 0.29) is 18.2 Å². The van der Waals surface area contributed by atoms with Crippen LogP contribution in [0.25, 0.3) is 10.2 Å². The number of carbonyl (C=O) groups excluding carboxylic acids is 2. The second kappa shape index (κ2) is 10.5. The second-order valence-corrected chi connectivity index (χ2v) is 9.29. The number of anilines is 2. The van der Waals surface area contributed by atoms with Crippen molar-refractivity contribution in [1.29, 1.82) is 0 Å². The highest BCUT2D eigenvalue weighted by Gasteiger charge is 2.15. The maximum absolute atomic E-state index is 12.5. The number of amides is 1. The molecule has 0 saturated heterocycles. The molecule has 1 atom stereocenters. The van der Waals surface area contributed by atoms with Gasteiger partial charge in [0.05, 0.1) is 16.8 Å². The minimum Gasteiger partial charge on any atom is -0.361 e. The van der Waals surface area contributed by atoms with Gasteiger partial charge in [0.1, 0.15) is 5.78 Å².